The van der Waals surface area contributed by atoms with E-state index in [2.05, 4.69) is 24.2 Å². The van der Waals surface area contributed by atoms with Gasteiger partial charge in [0.2, 0.25) is 0 Å². The van der Waals surface area contributed by atoms with Crippen LogP contribution >= 0.6 is 0 Å². The number of nitrogens with one attached hydrogen (secondary N) is 1. The standard InChI is InChI=1S/C20H33N3O2/c1-4-21-19(22-17-20(11-12-20)13-15-24-5-2)23(3)14-16-25-18-9-7-6-8-10-18/h6-10H,4-5,11-17H2,1-3H3,(H,21,22). The SMILES string of the molecule is CCNC(=NCC1(CCOCC)CC1)N(C)CCOc1ccccc1. The van der Waals surface area contributed by atoms with Crippen molar-refractivity contribution in [3.05, 3.63) is 30.3 Å². The van der Waals surface area contributed by atoms with Gasteiger partial charge in [-0.2, -0.15) is 0 Å². The van der Waals surface area contributed by atoms with Crippen LogP contribution in [0.15, 0.2) is 35.3 Å². The fourth-order valence-corrected chi connectivity index (χ4v) is 2.73. The van der Waals surface area contributed by atoms with Crippen molar-refractivity contribution in [3.63, 3.8) is 0 Å². The van der Waals surface area contributed by atoms with Gasteiger partial charge in [0.15, 0.2) is 5.96 Å². The monoisotopic (exact) mass is 347 g/mol. The topological polar surface area (TPSA) is 46.1 Å². The molecule has 0 heterocycles. The highest BCUT2D eigenvalue weighted by atomic mass is 16.5. The molecule has 5 heteroatoms. The number of ether oxygens (including phenoxy) is 2. The average molecular weight is 348 g/mol. The lowest BCUT2D eigenvalue weighted by molar-refractivity contribution is 0.129. The molecule has 140 valence electrons. The number of rotatable bonds is 11. The quantitative estimate of drug-likeness (QED) is 0.379. The fraction of sp³-hybridized carbons (Fsp3) is 0.650. The zero-order chi connectivity index (χ0) is 18.0. The van der Waals surface area contributed by atoms with Gasteiger partial charge in [0.05, 0.1) is 6.54 Å². The number of likely N-dealkylation sites (N-methyl/N-ethyl adjacent to an activating group) is 1. The third-order valence-corrected chi connectivity index (χ3v) is 4.64. The average Bonchev–Trinajstić information content (AvgIpc) is 3.40. The summed E-state index contributed by atoms with van der Waals surface area (Å²) in [4.78, 5) is 7.02. The first-order valence-corrected chi connectivity index (χ1v) is 9.44. The van der Waals surface area contributed by atoms with Gasteiger partial charge in [-0.15, -0.1) is 0 Å². The summed E-state index contributed by atoms with van der Waals surface area (Å²) in [5.41, 5.74) is 0.372. The predicted molar refractivity (Wildman–Crippen MR) is 103 cm³/mol. The summed E-state index contributed by atoms with van der Waals surface area (Å²) in [6.45, 7) is 8.99. The number of para-hydroxylation sites is 1. The van der Waals surface area contributed by atoms with Crippen molar-refractivity contribution in [2.75, 3.05) is 46.5 Å². The Kier molecular flexibility index (Phi) is 8.06. The molecule has 5 nitrogen and oxygen atoms in total. The first kappa shape index (κ1) is 19.6. The molecule has 0 amide bonds. The summed E-state index contributed by atoms with van der Waals surface area (Å²) >= 11 is 0. The van der Waals surface area contributed by atoms with Gasteiger partial charge in [0, 0.05) is 33.4 Å². The Morgan fingerprint density at radius 2 is 1.96 bits per heavy atom. The molecule has 1 aliphatic rings. The predicted octanol–water partition coefficient (Wildman–Crippen LogP) is 3.17. The van der Waals surface area contributed by atoms with E-state index in [1.165, 1.54) is 12.8 Å². The molecule has 0 unspecified atom stereocenters. The number of guanidine groups is 1. The summed E-state index contributed by atoms with van der Waals surface area (Å²) in [5.74, 6) is 1.87. The van der Waals surface area contributed by atoms with Crippen molar-refractivity contribution >= 4 is 5.96 Å². The van der Waals surface area contributed by atoms with Gasteiger partial charge >= 0.3 is 0 Å². The zero-order valence-corrected chi connectivity index (χ0v) is 16.0. The van der Waals surface area contributed by atoms with E-state index in [0.29, 0.717) is 12.0 Å². The van der Waals surface area contributed by atoms with Gasteiger partial charge in [-0.3, -0.25) is 4.99 Å². The Morgan fingerprint density at radius 3 is 2.60 bits per heavy atom. The molecule has 0 radical (unpaired) electrons. The molecule has 0 spiro atoms. The van der Waals surface area contributed by atoms with Crippen LogP contribution in [-0.4, -0.2) is 57.4 Å². The van der Waals surface area contributed by atoms with Crippen LogP contribution in [0.2, 0.25) is 0 Å². The first-order valence-electron chi connectivity index (χ1n) is 9.44. The maximum absolute atomic E-state index is 5.79. The van der Waals surface area contributed by atoms with Crippen LogP contribution in [0, 0.1) is 5.41 Å². The molecule has 1 N–H and O–H groups in total. The molecule has 1 aliphatic carbocycles. The maximum atomic E-state index is 5.79. The van der Waals surface area contributed by atoms with E-state index in [1.807, 2.05) is 37.3 Å². The van der Waals surface area contributed by atoms with Crippen LogP contribution < -0.4 is 10.1 Å². The van der Waals surface area contributed by atoms with E-state index in [9.17, 15) is 0 Å². The summed E-state index contributed by atoms with van der Waals surface area (Å²) in [6.07, 6.45) is 3.65. The number of hydrogen-bond donors (Lipinski definition) is 1. The van der Waals surface area contributed by atoms with E-state index in [0.717, 1.165) is 51.0 Å². The molecule has 0 aliphatic heterocycles. The maximum Gasteiger partial charge on any atom is 0.193 e. The molecule has 1 fully saturated rings. The highest BCUT2D eigenvalue weighted by Gasteiger charge is 2.42. The van der Waals surface area contributed by atoms with Crippen molar-refractivity contribution in [2.24, 2.45) is 10.4 Å². The largest absolute Gasteiger partial charge is 0.492 e. The summed E-state index contributed by atoms with van der Waals surface area (Å²) < 4.78 is 11.3. The number of benzene rings is 1. The minimum Gasteiger partial charge on any atom is -0.492 e. The van der Waals surface area contributed by atoms with Crippen molar-refractivity contribution < 1.29 is 9.47 Å². The Morgan fingerprint density at radius 1 is 1.20 bits per heavy atom. The lowest BCUT2D eigenvalue weighted by atomic mass is 10.0. The molecule has 25 heavy (non-hydrogen) atoms. The van der Waals surface area contributed by atoms with Crippen LogP contribution in [0.5, 0.6) is 5.75 Å². The Hall–Kier alpha value is -1.75. The molecule has 0 bridgehead atoms. The minimum atomic E-state index is 0.372. The van der Waals surface area contributed by atoms with Crippen molar-refractivity contribution in [1.82, 2.24) is 10.2 Å². The molecule has 1 saturated carbocycles. The third kappa shape index (κ3) is 6.94. The summed E-state index contributed by atoms with van der Waals surface area (Å²) in [6, 6.07) is 9.93. The van der Waals surface area contributed by atoms with Crippen molar-refractivity contribution in [3.8, 4) is 5.75 Å². The molecule has 1 aromatic rings. The van der Waals surface area contributed by atoms with Gasteiger partial charge in [0.25, 0.3) is 0 Å². The Labute approximate surface area is 152 Å². The van der Waals surface area contributed by atoms with Crippen LogP contribution in [-0.2, 0) is 4.74 Å². The van der Waals surface area contributed by atoms with Gasteiger partial charge < -0.3 is 19.7 Å². The van der Waals surface area contributed by atoms with E-state index < -0.39 is 0 Å². The van der Waals surface area contributed by atoms with E-state index in [4.69, 9.17) is 14.5 Å². The summed E-state index contributed by atoms with van der Waals surface area (Å²) in [5, 5.41) is 3.39. The van der Waals surface area contributed by atoms with Crippen LogP contribution in [0.25, 0.3) is 0 Å². The second-order valence-electron chi connectivity index (χ2n) is 6.70. The summed E-state index contributed by atoms with van der Waals surface area (Å²) in [7, 11) is 2.07. The second kappa shape index (κ2) is 10.3. The molecule has 0 atom stereocenters. The third-order valence-electron chi connectivity index (χ3n) is 4.64. The van der Waals surface area contributed by atoms with E-state index in [-0.39, 0.29) is 0 Å². The highest BCUT2D eigenvalue weighted by molar-refractivity contribution is 5.79. The van der Waals surface area contributed by atoms with E-state index >= 15 is 0 Å². The molecule has 0 aromatic heterocycles. The molecule has 2 rings (SSSR count). The van der Waals surface area contributed by atoms with Crippen molar-refractivity contribution in [2.45, 2.75) is 33.1 Å². The number of hydrogen-bond acceptors (Lipinski definition) is 3. The van der Waals surface area contributed by atoms with Gasteiger partial charge in [-0.05, 0) is 50.7 Å². The van der Waals surface area contributed by atoms with Crippen molar-refractivity contribution in [1.29, 1.82) is 0 Å². The lowest BCUT2D eigenvalue weighted by Crippen LogP contribution is -2.41. The zero-order valence-electron chi connectivity index (χ0n) is 16.0. The van der Waals surface area contributed by atoms with Gasteiger partial charge in [-0.1, -0.05) is 18.2 Å². The molecular formula is C20H33N3O2. The molecule has 1 aromatic carbocycles. The van der Waals surface area contributed by atoms with Gasteiger partial charge in [-0.25, -0.2) is 0 Å². The van der Waals surface area contributed by atoms with E-state index in [1.54, 1.807) is 0 Å². The van der Waals surface area contributed by atoms with Crippen LogP contribution in [0.1, 0.15) is 33.1 Å². The van der Waals surface area contributed by atoms with Crippen LogP contribution in [0.3, 0.4) is 0 Å². The highest BCUT2D eigenvalue weighted by Crippen LogP contribution is 2.49. The molecule has 0 saturated heterocycles. The van der Waals surface area contributed by atoms with Gasteiger partial charge in [0.1, 0.15) is 12.4 Å². The number of nitrogens with zero attached hydrogens (tertiary/aromatic N) is 2. The molecular weight excluding hydrogens is 314 g/mol. The lowest BCUT2D eigenvalue weighted by Gasteiger charge is -2.23. The smallest absolute Gasteiger partial charge is 0.193 e. The fourth-order valence-electron chi connectivity index (χ4n) is 2.73. The minimum absolute atomic E-state index is 0.372. The number of aliphatic imine (C=N–C) groups is 1. The van der Waals surface area contributed by atoms with Crippen LogP contribution in [0.4, 0.5) is 0 Å². The second-order valence-corrected chi connectivity index (χ2v) is 6.70. The first-order chi connectivity index (χ1) is 12.2. The Bertz CT molecular complexity index is 515. The normalized spacial score (nSPS) is 15.7. The Balaban J connectivity index is 1.79.